The van der Waals surface area contributed by atoms with E-state index in [2.05, 4.69) is 18.2 Å². The van der Waals surface area contributed by atoms with E-state index >= 15 is 0 Å². The van der Waals surface area contributed by atoms with Gasteiger partial charge >= 0.3 is 0 Å². The van der Waals surface area contributed by atoms with Crippen LogP contribution in [0.25, 0.3) is 0 Å². The molecule has 1 aliphatic heterocycles. The van der Waals surface area contributed by atoms with Gasteiger partial charge in [-0.2, -0.15) is 5.26 Å². The SMILES string of the molecule is N#CC1(C(=O)N2CCc3ccccc3C2)CCCCC1. The van der Waals surface area contributed by atoms with Crippen LogP contribution in [0.4, 0.5) is 0 Å². The van der Waals surface area contributed by atoms with Gasteiger partial charge in [0.15, 0.2) is 0 Å². The Labute approximate surface area is 120 Å². The lowest BCUT2D eigenvalue weighted by Crippen LogP contribution is -2.46. The average Bonchev–Trinajstić information content (AvgIpc) is 2.54. The number of nitrogens with zero attached hydrogens (tertiary/aromatic N) is 2. The lowest BCUT2D eigenvalue weighted by Gasteiger charge is -2.37. The van der Waals surface area contributed by atoms with E-state index in [1.54, 1.807) is 0 Å². The molecule has 1 aromatic carbocycles. The summed E-state index contributed by atoms with van der Waals surface area (Å²) in [7, 11) is 0. The average molecular weight is 268 g/mol. The van der Waals surface area contributed by atoms with Gasteiger partial charge in [-0.25, -0.2) is 0 Å². The molecule has 0 unspecified atom stereocenters. The molecule has 0 bridgehead atoms. The van der Waals surface area contributed by atoms with Gasteiger partial charge in [0, 0.05) is 13.1 Å². The van der Waals surface area contributed by atoms with Crippen molar-refractivity contribution in [3.05, 3.63) is 35.4 Å². The zero-order valence-electron chi connectivity index (χ0n) is 11.8. The number of hydrogen-bond acceptors (Lipinski definition) is 2. The first-order chi connectivity index (χ1) is 9.75. The van der Waals surface area contributed by atoms with Crippen molar-refractivity contribution in [2.45, 2.75) is 45.1 Å². The minimum atomic E-state index is -0.746. The third kappa shape index (κ3) is 2.20. The number of amides is 1. The van der Waals surface area contributed by atoms with Crippen LogP contribution in [0.5, 0.6) is 0 Å². The molecule has 1 aliphatic carbocycles. The zero-order valence-corrected chi connectivity index (χ0v) is 11.8. The van der Waals surface area contributed by atoms with Gasteiger partial charge in [-0.3, -0.25) is 4.79 Å². The van der Waals surface area contributed by atoms with Crippen LogP contribution in [-0.4, -0.2) is 17.4 Å². The molecular formula is C17H20N2O. The van der Waals surface area contributed by atoms with Crippen molar-refractivity contribution in [3.63, 3.8) is 0 Å². The molecule has 1 amide bonds. The summed E-state index contributed by atoms with van der Waals surface area (Å²) in [6.07, 6.45) is 5.54. The molecule has 104 valence electrons. The van der Waals surface area contributed by atoms with E-state index in [1.165, 1.54) is 11.1 Å². The van der Waals surface area contributed by atoms with Crippen LogP contribution in [0.2, 0.25) is 0 Å². The molecule has 2 aliphatic rings. The lowest BCUT2D eigenvalue weighted by atomic mass is 9.74. The predicted octanol–water partition coefficient (Wildman–Crippen LogP) is 3.05. The summed E-state index contributed by atoms with van der Waals surface area (Å²) in [4.78, 5) is 14.7. The Morgan fingerprint density at radius 2 is 1.85 bits per heavy atom. The van der Waals surface area contributed by atoms with Gasteiger partial charge in [-0.05, 0) is 30.4 Å². The van der Waals surface area contributed by atoms with E-state index in [0.29, 0.717) is 6.54 Å². The van der Waals surface area contributed by atoms with Crippen molar-refractivity contribution in [1.29, 1.82) is 5.26 Å². The normalized spacial score (nSPS) is 20.9. The van der Waals surface area contributed by atoms with Crippen molar-refractivity contribution in [2.24, 2.45) is 5.41 Å². The predicted molar refractivity (Wildman–Crippen MR) is 76.7 cm³/mol. The van der Waals surface area contributed by atoms with E-state index in [-0.39, 0.29) is 5.91 Å². The van der Waals surface area contributed by atoms with Crippen molar-refractivity contribution >= 4 is 5.91 Å². The Balaban J connectivity index is 1.80. The number of benzene rings is 1. The summed E-state index contributed by atoms with van der Waals surface area (Å²) in [5, 5.41) is 9.54. The topological polar surface area (TPSA) is 44.1 Å². The Bertz CT molecular complexity index is 552. The summed E-state index contributed by atoms with van der Waals surface area (Å²) in [5.74, 6) is 0.0641. The number of fused-ring (bicyclic) bond motifs is 1. The van der Waals surface area contributed by atoms with E-state index in [0.717, 1.165) is 45.1 Å². The van der Waals surface area contributed by atoms with E-state index < -0.39 is 5.41 Å². The second kappa shape index (κ2) is 5.28. The lowest BCUT2D eigenvalue weighted by molar-refractivity contribution is -0.141. The van der Waals surface area contributed by atoms with Crippen LogP contribution in [0.15, 0.2) is 24.3 Å². The highest BCUT2D eigenvalue weighted by molar-refractivity contribution is 5.85. The molecule has 3 nitrogen and oxygen atoms in total. The van der Waals surface area contributed by atoms with Gasteiger partial charge in [0.1, 0.15) is 5.41 Å². The maximum atomic E-state index is 12.8. The highest BCUT2D eigenvalue weighted by atomic mass is 16.2. The summed E-state index contributed by atoms with van der Waals surface area (Å²) in [6.45, 7) is 1.41. The molecule has 0 saturated heterocycles. The summed E-state index contributed by atoms with van der Waals surface area (Å²) >= 11 is 0. The fourth-order valence-corrected chi connectivity index (χ4v) is 3.50. The Morgan fingerprint density at radius 1 is 1.15 bits per heavy atom. The van der Waals surface area contributed by atoms with Gasteiger partial charge in [-0.15, -0.1) is 0 Å². The first kappa shape index (κ1) is 13.2. The monoisotopic (exact) mass is 268 g/mol. The zero-order chi connectivity index (χ0) is 14.0. The van der Waals surface area contributed by atoms with Gasteiger partial charge in [0.25, 0.3) is 0 Å². The highest BCUT2D eigenvalue weighted by Gasteiger charge is 2.42. The summed E-state index contributed by atoms with van der Waals surface area (Å²) in [5.41, 5.74) is 1.83. The highest BCUT2D eigenvalue weighted by Crippen LogP contribution is 2.38. The molecule has 1 saturated carbocycles. The molecule has 20 heavy (non-hydrogen) atoms. The molecule has 3 rings (SSSR count). The molecule has 0 atom stereocenters. The summed E-state index contributed by atoms with van der Waals surface area (Å²) in [6, 6.07) is 10.6. The fourth-order valence-electron chi connectivity index (χ4n) is 3.50. The Kier molecular flexibility index (Phi) is 3.48. The molecule has 1 aromatic rings. The maximum absolute atomic E-state index is 12.8. The minimum absolute atomic E-state index is 0.0641. The van der Waals surface area contributed by atoms with Crippen molar-refractivity contribution in [2.75, 3.05) is 6.54 Å². The number of hydrogen-bond donors (Lipinski definition) is 0. The first-order valence-electron chi connectivity index (χ1n) is 7.53. The smallest absolute Gasteiger partial charge is 0.243 e. The maximum Gasteiger partial charge on any atom is 0.243 e. The van der Waals surface area contributed by atoms with Gasteiger partial charge < -0.3 is 4.90 Å². The number of carbonyl (C=O) groups is 1. The summed E-state index contributed by atoms with van der Waals surface area (Å²) < 4.78 is 0. The molecular weight excluding hydrogens is 248 g/mol. The van der Waals surface area contributed by atoms with E-state index in [1.807, 2.05) is 17.0 Å². The first-order valence-corrected chi connectivity index (χ1v) is 7.53. The van der Waals surface area contributed by atoms with Crippen molar-refractivity contribution in [3.8, 4) is 6.07 Å². The van der Waals surface area contributed by atoms with Gasteiger partial charge in [-0.1, -0.05) is 43.5 Å². The molecule has 1 fully saturated rings. The number of carbonyl (C=O) groups excluding carboxylic acids is 1. The molecule has 0 aromatic heterocycles. The van der Waals surface area contributed by atoms with Crippen LogP contribution in [0.1, 0.15) is 43.2 Å². The van der Waals surface area contributed by atoms with Crippen LogP contribution >= 0.6 is 0 Å². The minimum Gasteiger partial charge on any atom is -0.337 e. The second-order valence-corrected chi connectivity index (χ2v) is 6.00. The van der Waals surface area contributed by atoms with Gasteiger partial charge in [0.05, 0.1) is 6.07 Å². The fraction of sp³-hybridized carbons (Fsp3) is 0.529. The third-order valence-electron chi connectivity index (χ3n) is 4.75. The Hall–Kier alpha value is -1.82. The molecule has 0 radical (unpaired) electrons. The van der Waals surface area contributed by atoms with E-state index in [4.69, 9.17) is 0 Å². The second-order valence-electron chi connectivity index (χ2n) is 6.00. The van der Waals surface area contributed by atoms with Crippen LogP contribution < -0.4 is 0 Å². The molecule has 3 heteroatoms. The van der Waals surface area contributed by atoms with Gasteiger partial charge in [0.2, 0.25) is 5.91 Å². The van der Waals surface area contributed by atoms with Crippen LogP contribution in [-0.2, 0) is 17.8 Å². The number of rotatable bonds is 1. The molecule has 0 N–H and O–H groups in total. The number of nitriles is 1. The standard InChI is InChI=1S/C17H20N2O/c18-13-17(9-4-1-5-10-17)16(20)19-11-8-14-6-2-3-7-15(14)12-19/h2-3,6-7H,1,4-5,8-12H2. The molecule has 1 heterocycles. The van der Waals surface area contributed by atoms with Crippen LogP contribution in [0, 0.1) is 16.7 Å². The quantitative estimate of drug-likeness (QED) is 0.785. The van der Waals surface area contributed by atoms with Crippen molar-refractivity contribution in [1.82, 2.24) is 4.90 Å². The largest absolute Gasteiger partial charge is 0.337 e. The van der Waals surface area contributed by atoms with Crippen LogP contribution in [0.3, 0.4) is 0 Å². The van der Waals surface area contributed by atoms with E-state index in [9.17, 15) is 10.1 Å². The molecule has 0 spiro atoms. The third-order valence-corrected chi connectivity index (χ3v) is 4.75. The Morgan fingerprint density at radius 3 is 2.55 bits per heavy atom. The van der Waals surface area contributed by atoms with Crippen molar-refractivity contribution < 1.29 is 4.79 Å².